The van der Waals surface area contributed by atoms with Gasteiger partial charge in [-0.15, -0.1) is 0 Å². The number of ether oxygens (including phenoxy) is 1. The van der Waals surface area contributed by atoms with Crippen molar-refractivity contribution in [2.24, 2.45) is 0 Å². The maximum absolute atomic E-state index is 12.3. The van der Waals surface area contributed by atoms with E-state index in [0.717, 1.165) is 12.0 Å². The van der Waals surface area contributed by atoms with Crippen molar-refractivity contribution in [3.63, 3.8) is 0 Å². The van der Waals surface area contributed by atoms with Crippen LogP contribution in [-0.4, -0.2) is 12.5 Å². The van der Waals surface area contributed by atoms with E-state index in [-0.39, 0.29) is 5.91 Å². The molecule has 0 spiro atoms. The van der Waals surface area contributed by atoms with Gasteiger partial charge in [0.25, 0.3) is 5.91 Å². The van der Waals surface area contributed by atoms with Crippen LogP contribution in [0.15, 0.2) is 42.5 Å². The van der Waals surface area contributed by atoms with Crippen LogP contribution in [0.1, 0.15) is 29.3 Å². The average molecular weight is 284 g/mol. The van der Waals surface area contributed by atoms with Gasteiger partial charge in [0.15, 0.2) is 0 Å². The lowest BCUT2D eigenvalue weighted by Gasteiger charge is -2.12. The Morgan fingerprint density at radius 2 is 2.00 bits per heavy atom. The third-order valence-electron chi connectivity index (χ3n) is 3.13. The first-order chi connectivity index (χ1) is 10.1. The summed E-state index contributed by atoms with van der Waals surface area (Å²) in [5.41, 5.74) is 8.58. The molecule has 2 rings (SSSR count). The molecule has 0 heterocycles. The van der Waals surface area contributed by atoms with Gasteiger partial charge in [-0.2, -0.15) is 0 Å². The SMILES string of the molecule is CCCOc1ccccc1NC(=O)c1ccc(N)c(C)c1. The Bertz CT molecular complexity index is 638. The monoisotopic (exact) mass is 284 g/mol. The molecule has 0 saturated heterocycles. The van der Waals surface area contributed by atoms with E-state index in [0.29, 0.717) is 29.3 Å². The van der Waals surface area contributed by atoms with Crippen LogP contribution in [0.3, 0.4) is 0 Å². The second-order valence-electron chi connectivity index (χ2n) is 4.87. The molecular weight excluding hydrogens is 264 g/mol. The van der Waals surface area contributed by atoms with Crippen molar-refractivity contribution in [3.8, 4) is 5.75 Å². The van der Waals surface area contributed by atoms with Gasteiger partial charge in [0.2, 0.25) is 0 Å². The fraction of sp³-hybridized carbons (Fsp3) is 0.235. The number of nitrogens with two attached hydrogens (primary N) is 1. The highest BCUT2D eigenvalue weighted by atomic mass is 16.5. The van der Waals surface area contributed by atoms with E-state index in [1.165, 1.54) is 0 Å². The summed E-state index contributed by atoms with van der Waals surface area (Å²) < 4.78 is 5.63. The number of benzene rings is 2. The molecule has 0 aromatic heterocycles. The minimum Gasteiger partial charge on any atom is -0.491 e. The summed E-state index contributed by atoms with van der Waals surface area (Å²) in [6.45, 7) is 4.54. The van der Waals surface area contributed by atoms with Crippen molar-refractivity contribution < 1.29 is 9.53 Å². The number of amides is 1. The number of hydrogen-bond donors (Lipinski definition) is 2. The van der Waals surface area contributed by atoms with E-state index >= 15 is 0 Å². The van der Waals surface area contributed by atoms with Crippen molar-refractivity contribution in [1.82, 2.24) is 0 Å². The molecule has 3 N–H and O–H groups in total. The van der Waals surface area contributed by atoms with Crippen molar-refractivity contribution in [2.45, 2.75) is 20.3 Å². The van der Waals surface area contributed by atoms with E-state index in [4.69, 9.17) is 10.5 Å². The summed E-state index contributed by atoms with van der Waals surface area (Å²) in [7, 11) is 0. The Labute approximate surface area is 124 Å². The molecule has 4 nitrogen and oxygen atoms in total. The highest BCUT2D eigenvalue weighted by Crippen LogP contribution is 2.25. The van der Waals surface area contributed by atoms with Crippen molar-refractivity contribution in [2.75, 3.05) is 17.7 Å². The molecular formula is C17H20N2O2. The third-order valence-corrected chi connectivity index (χ3v) is 3.13. The van der Waals surface area contributed by atoms with Crippen LogP contribution in [-0.2, 0) is 0 Å². The molecule has 21 heavy (non-hydrogen) atoms. The number of carbonyl (C=O) groups excluding carboxylic acids is 1. The number of anilines is 2. The molecule has 0 radical (unpaired) electrons. The van der Waals surface area contributed by atoms with Crippen LogP contribution >= 0.6 is 0 Å². The van der Waals surface area contributed by atoms with E-state index in [2.05, 4.69) is 5.32 Å². The van der Waals surface area contributed by atoms with Gasteiger partial charge in [-0.05, 0) is 49.2 Å². The zero-order chi connectivity index (χ0) is 15.2. The Morgan fingerprint density at radius 1 is 1.24 bits per heavy atom. The number of rotatable bonds is 5. The first kappa shape index (κ1) is 14.9. The number of aryl methyl sites for hydroxylation is 1. The molecule has 0 fully saturated rings. The molecule has 1 amide bonds. The largest absolute Gasteiger partial charge is 0.491 e. The quantitative estimate of drug-likeness (QED) is 0.824. The maximum atomic E-state index is 12.3. The average Bonchev–Trinajstić information content (AvgIpc) is 2.49. The van der Waals surface area contributed by atoms with Gasteiger partial charge < -0.3 is 15.8 Å². The van der Waals surface area contributed by atoms with E-state index < -0.39 is 0 Å². The van der Waals surface area contributed by atoms with Crippen LogP contribution < -0.4 is 15.8 Å². The zero-order valence-corrected chi connectivity index (χ0v) is 12.3. The summed E-state index contributed by atoms with van der Waals surface area (Å²) in [5, 5.41) is 2.88. The molecule has 110 valence electrons. The molecule has 0 aliphatic heterocycles. The second kappa shape index (κ2) is 6.79. The van der Waals surface area contributed by atoms with Crippen LogP contribution in [0, 0.1) is 6.92 Å². The van der Waals surface area contributed by atoms with Gasteiger partial charge in [-0.3, -0.25) is 4.79 Å². The lowest BCUT2D eigenvalue weighted by molar-refractivity contribution is 0.102. The lowest BCUT2D eigenvalue weighted by atomic mass is 10.1. The minimum atomic E-state index is -0.175. The minimum absolute atomic E-state index is 0.175. The molecule has 4 heteroatoms. The van der Waals surface area contributed by atoms with Gasteiger partial charge in [0.1, 0.15) is 5.75 Å². The predicted molar refractivity (Wildman–Crippen MR) is 85.8 cm³/mol. The van der Waals surface area contributed by atoms with Gasteiger partial charge >= 0.3 is 0 Å². The Kier molecular flexibility index (Phi) is 4.82. The fourth-order valence-electron chi connectivity index (χ4n) is 1.92. The second-order valence-corrected chi connectivity index (χ2v) is 4.87. The summed E-state index contributed by atoms with van der Waals surface area (Å²) in [6, 6.07) is 12.7. The predicted octanol–water partition coefficient (Wildman–Crippen LogP) is 3.62. The van der Waals surface area contributed by atoms with Gasteiger partial charge in [-0.25, -0.2) is 0 Å². The van der Waals surface area contributed by atoms with Crippen molar-refractivity contribution >= 4 is 17.3 Å². The lowest BCUT2D eigenvalue weighted by Crippen LogP contribution is -2.13. The first-order valence-electron chi connectivity index (χ1n) is 7.01. The highest BCUT2D eigenvalue weighted by molar-refractivity contribution is 6.05. The number of para-hydroxylation sites is 2. The van der Waals surface area contributed by atoms with Crippen molar-refractivity contribution in [3.05, 3.63) is 53.6 Å². The fourth-order valence-corrected chi connectivity index (χ4v) is 1.92. The number of hydrogen-bond acceptors (Lipinski definition) is 3. The molecule has 0 aliphatic rings. The molecule has 0 atom stereocenters. The Hall–Kier alpha value is -2.49. The topological polar surface area (TPSA) is 64.3 Å². The molecule has 0 saturated carbocycles. The molecule has 0 bridgehead atoms. The standard InChI is InChI=1S/C17H20N2O2/c1-3-10-21-16-7-5-4-6-15(16)19-17(20)13-8-9-14(18)12(2)11-13/h4-9,11H,3,10,18H2,1-2H3,(H,19,20). The van der Waals surface area contributed by atoms with Crippen molar-refractivity contribution in [1.29, 1.82) is 0 Å². The Morgan fingerprint density at radius 3 is 2.71 bits per heavy atom. The van der Waals surface area contributed by atoms with E-state index in [1.54, 1.807) is 18.2 Å². The van der Waals surface area contributed by atoms with Crippen LogP contribution in [0.5, 0.6) is 5.75 Å². The summed E-state index contributed by atoms with van der Waals surface area (Å²) in [5.74, 6) is 0.505. The third kappa shape index (κ3) is 3.75. The summed E-state index contributed by atoms with van der Waals surface area (Å²) >= 11 is 0. The Balaban J connectivity index is 2.17. The number of nitrogens with one attached hydrogen (secondary N) is 1. The normalized spacial score (nSPS) is 10.2. The van der Waals surface area contributed by atoms with Gasteiger partial charge in [0.05, 0.1) is 12.3 Å². The van der Waals surface area contributed by atoms with Gasteiger partial charge in [0, 0.05) is 11.3 Å². The molecule has 0 unspecified atom stereocenters. The number of carbonyl (C=O) groups is 1. The van der Waals surface area contributed by atoms with E-state index in [9.17, 15) is 4.79 Å². The van der Waals surface area contributed by atoms with Crippen LogP contribution in [0.25, 0.3) is 0 Å². The molecule has 2 aromatic rings. The zero-order valence-electron chi connectivity index (χ0n) is 12.3. The molecule has 2 aromatic carbocycles. The van der Waals surface area contributed by atoms with Gasteiger partial charge in [-0.1, -0.05) is 19.1 Å². The van der Waals surface area contributed by atoms with Crippen LogP contribution in [0.4, 0.5) is 11.4 Å². The maximum Gasteiger partial charge on any atom is 0.255 e. The number of nitrogen functional groups attached to an aromatic ring is 1. The van der Waals surface area contributed by atoms with Crippen LogP contribution in [0.2, 0.25) is 0 Å². The summed E-state index contributed by atoms with van der Waals surface area (Å²) in [6.07, 6.45) is 0.916. The van der Waals surface area contributed by atoms with E-state index in [1.807, 2.05) is 38.1 Å². The smallest absolute Gasteiger partial charge is 0.255 e. The first-order valence-corrected chi connectivity index (χ1v) is 7.01. The highest BCUT2D eigenvalue weighted by Gasteiger charge is 2.10. The summed E-state index contributed by atoms with van der Waals surface area (Å²) in [4.78, 5) is 12.3. The molecule has 0 aliphatic carbocycles.